The van der Waals surface area contributed by atoms with Gasteiger partial charge in [0.05, 0.1) is 5.88 Å². The van der Waals surface area contributed by atoms with Crippen molar-refractivity contribution in [3.63, 3.8) is 0 Å². The van der Waals surface area contributed by atoms with Crippen molar-refractivity contribution in [2.75, 3.05) is 5.88 Å². The Morgan fingerprint density at radius 2 is 2.24 bits per heavy atom. The molecule has 2 rings (SSSR count). The van der Waals surface area contributed by atoms with Gasteiger partial charge in [0.15, 0.2) is 6.23 Å². The number of nitrogens with one attached hydrogen (secondary N) is 2. The summed E-state index contributed by atoms with van der Waals surface area (Å²) in [7, 11) is 0. The van der Waals surface area contributed by atoms with Gasteiger partial charge in [-0.2, -0.15) is 0 Å². The highest BCUT2D eigenvalue weighted by Gasteiger charge is 2.43. The lowest BCUT2D eigenvalue weighted by Crippen LogP contribution is -2.37. The molecule has 0 saturated carbocycles. The minimum absolute atomic E-state index is 0.0176. The number of rotatable bonds is 2. The molecule has 1 saturated heterocycles. The van der Waals surface area contributed by atoms with Gasteiger partial charge in [0.2, 0.25) is 0 Å². The molecule has 0 spiro atoms. The number of aromatic nitrogens is 2. The molecule has 1 aliphatic heterocycles. The summed E-state index contributed by atoms with van der Waals surface area (Å²) in [6, 6.07) is 1.35. The number of nitrogens with zero attached hydrogens (tertiary/aromatic N) is 1. The van der Waals surface area contributed by atoms with Crippen LogP contribution >= 0.6 is 11.6 Å². The first-order chi connectivity index (χ1) is 8.04. The molecule has 2 heterocycles. The van der Waals surface area contributed by atoms with Crippen LogP contribution in [0.5, 0.6) is 0 Å². The Labute approximate surface area is 101 Å². The fraction of sp³-hybridized carbons (Fsp3) is 0.556. The van der Waals surface area contributed by atoms with E-state index in [9.17, 15) is 15.0 Å². The number of alkyl halides is 1. The number of ether oxygens (including phenoxy) is 1. The van der Waals surface area contributed by atoms with Gasteiger partial charge in [-0.1, -0.05) is 0 Å². The predicted octanol–water partition coefficient (Wildman–Crippen LogP) is -1.49. The second-order valence-electron chi connectivity index (χ2n) is 3.77. The Bertz CT molecular complexity index is 513. The van der Waals surface area contributed by atoms with E-state index < -0.39 is 30.2 Å². The van der Waals surface area contributed by atoms with Crippen LogP contribution in [-0.4, -0.2) is 44.0 Å². The van der Waals surface area contributed by atoms with Crippen molar-refractivity contribution in [3.05, 3.63) is 28.2 Å². The largest absolute Gasteiger partial charge is 0.387 e. The van der Waals surface area contributed by atoms with Crippen molar-refractivity contribution in [3.8, 4) is 0 Å². The SMILES string of the molecule is N=c1ccn(C2OC(CCl)C(O)C2O)c(=O)[nH]1. The normalized spacial score (nSPS) is 32.9. The lowest BCUT2D eigenvalue weighted by Gasteiger charge is -2.16. The monoisotopic (exact) mass is 261 g/mol. The van der Waals surface area contributed by atoms with Crippen LogP contribution in [0.25, 0.3) is 0 Å². The second-order valence-corrected chi connectivity index (χ2v) is 4.08. The second kappa shape index (κ2) is 4.61. The molecule has 94 valence electrons. The molecule has 8 heteroatoms. The van der Waals surface area contributed by atoms with Crippen molar-refractivity contribution in [2.45, 2.75) is 24.5 Å². The van der Waals surface area contributed by atoms with Gasteiger partial charge in [-0.25, -0.2) is 4.79 Å². The van der Waals surface area contributed by atoms with Crippen LogP contribution in [0, 0.1) is 5.41 Å². The molecule has 1 aromatic heterocycles. The van der Waals surface area contributed by atoms with E-state index in [1.807, 2.05) is 0 Å². The zero-order valence-electron chi connectivity index (χ0n) is 8.71. The summed E-state index contributed by atoms with van der Waals surface area (Å²) in [5, 5.41) is 26.6. The molecule has 4 atom stereocenters. The summed E-state index contributed by atoms with van der Waals surface area (Å²) in [6.07, 6.45) is -2.78. The average molecular weight is 262 g/mol. The lowest BCUT2D eigenvalue weighted by atomic mass is 10.1. The minimum Gasteiger partial charge on any atom is -0.387 e. The molecule has 1 fully saturated rings. The Morgan fingerprint density at radius 1 is 1.53 bits per heavy atom. The van der Waals surface area contributed by atoms with E-state index in [0.29, 0.717) is 0 Å². The van der Waals surface area contributed by atoms with E-state index in [1.54, 1.807) is 0 Å². The van der Waals surface area contributed by atoms with E-state index >= 15 is 0 Å². The van der Waals surface area contributed by atoms with Crippen molar-refractivity contribution >= 4 is 11.6 Å². The molecule has 0 aliphatic carbocycles. The minimum atomic E-state index is -1.23. The summed E-state index contributed by atoms with van der Waals surface area (Å²) < 4.78 is 6.37. The fourth-order valence-electron chi connectivity index (χ4n) is 1.73. The summed E-state index contributed by atoms with van der Waals surface area (Å²) in [6.45, 7) is 0. The van der Waals surface area contributed by atoms with Crippen LogP contribution in [-0.2, 0) is 4.74 Å². The Morgan fingerprint density at radius 3 is 2.76 bits per heavy atom. The van der Waals surface area contributed by atoms with Crippen molar-refractivity contribution in [2.24, 2.45) is 0 Å². The molecular weight excluding hydrogens is 250 g/mol. The van der Waals surface area contributed by atoms with Gasteiger partial charge in [0.25, 0.3) is 0 Å². The molecule has 4 unspecified atom stereocenters. The van der Waals surface area contributed by atoms with E-state index in [0.717, 1.165) is 4.57 Å². The molecule has 0 radical (unpaired) electrons. The number of aliphatic hydroxyl groups is 2. The number of aliphatic hydroxyl groups excluding tert-OH is 2. The number of hydrogen-bond acceptors (Lipinski definition) is 5. The average Bonchev–Trinajstić information content (AvgIpc) is 2.57. The molecule has 4 N–H and O–H groups in total. The molecule has 0 aromatic carbocycles. The molecule has 0 amide bonds. The smallest absolute Gasteiger partial charge is 0.329 e. The zero-order valence-corrected chi connectivity index (χ0v) is 9.46. The fourth-order valence-corrected chi connectivity index (χ4v) is 1.99. The Balaban J connectivity index is 2.35. The summed E-state index contributed by atoms with van der Waals surface area (Å²) >= 11 is 5.56. The van der Waals surface area contributed by atoms with Crippen LogP contribution in [0.4, 0.5) is 0 Å². The van der Waals surface area contributed by atoms with Gasteiger partial charge in [-0.15, -0.1) is 11.6 Å². The van der Waals surface area contributed by atoms with Gasteiger partial charge >= 0.3 is 5.69 Å². The third-order valence-electron chi connectivity index (χ3n) is 2.64. The van der Waals surface area contributed by atoms with Crippen molar-refractivity contribution < 1.29 is 14.9 Å². The predicted molar refractivity (Wildman–Crippen MR) is 57.6 cm³/mol. The molecule has 1 aromatic rings. The maximum atomic E-state index is 11.6. The Hall–Kier alpha value is -1.15. The first kappa shape index (κ1) is 12.3. The van der Waals surface area contributed by atoms with Crippen LogP contribution < -0.4 is 11.2 Å². The van der Waals surface area contributed by atoms with Crippen LogP contribution in [0.2, 0.25) is 0 Å². The molecule has 17 heavy (non-hydrogen) atoms. The van der Waals surface area contributed by atoms with E-state index in [2.05, 4.69) is 4.98 Å². The van der Waals surface area contributed by atoms with Gasteiger partial charge in [0.1, 0.15) is 23.8 Å². The number of halogens is 1. The maximum Gasteiger partial charge on any atom is 0.329 e. The number of aromatic amines is 1. The van der Waals surface area contributed by atoms with Crippen LogP contribution in [0.3, 0.4) is 0 Å². The Kier molecular flexibility index (Phi) is 3.34. The third kappa shape index (κ3) is 2.14. The highest BCUT2D eigenvalue weighted by atomic mass is 35.5. The molecule has 1 aliphatic rings. The standard InChI is InChI=1S/C9H12ClN3O4/c10-3-4-6(14)7(15)8(17-4)13-2-1-5(11)12-9(13)16/h1-2,4,6-8,14-15H,3H2,(H2,11,12,16). The van der Waals surface area contributed by atoms with Gasteiger partial charge in [0, 0.05) is 6.20 Å². The first-order valence-electron chi connectivity index (χ1n) is 4.98. The molecular formula is C9H12ClN3O4. The third-order valence-corrected chi connectivity index (χ3v) is 2.95. The first-order valence-corrected chi connectivity index (χ1v) is 5.51. The summed E-state index contributed by atoms with van der Waals surface area (Å²) in [5.41, 5.74) is -0.642. The van der Waals surface area contributed by atoms with Gasteiger partial charge < -0.3 is 14.9 Å². The molecule has 7 nitrogen and oxygen atoms in total. The van der Waals surface area contributed by atoms with Gasteiger partial charge in [-0.3, -0.25) is 15.0 Å². The van der Waals surface area contributed by atoms with E-state index in [4.69, 9.17) is 21.7 Å². The van der Waals surface area contributed by atoms with Gasteiger partial charge in [-0.05, 0) is 6.07 Å². The highest BCUT2D eigenvalue weighted by Crippen LogP contribution is 2.28. The van der Waals surface area contributed by atoms with Crippen molar-refractivity contribution in [1.29, 1.82) is 5.41 Å². The van der Waals surface area contributed by atoms with Crippen molar-refractivity contribution in [1.82, 2.24) is 9.55 Å². The zero-order chi connectivity index (χ0) is 12.6. The lowest BCUT2D eigenvalue weighted by molar-refractivity contribution is -0.0343. The maximum absolute atomic E-state index is 11.6. The van der Waals surface area contributed by atoms with E-state index in [1.165, 1.54) is 12.3 Å². The topological polar surface area (TPSA) is 111 Å². The number of H-pyrrole nitrogens is 1. The van der Waals surface area contributed by atoms with Crippen LogP contribution in [0.15, 0.2) is 17.1 Å². The molecule has 0 bridgehead atoms. The van der Waals surface area contributed by atoms with E-state index in [-0.39, 0.29) is 11.4 Å². The summed E-state index contributed by atoms with van der Waals surface area (Å²) in [4.78, 5) is 13.8. The number of hydrogen-bond donors (Lipinski definition) is 4. The quantitative estimate of drug-likeness (QED) is 0.486. The highest BCUT2D eigenvalue weighted by molar-refractivity contribution is 6.18. The summed E-state index contributed by atoms with van der Waals surface area (Å²) in [5.74, 6) is 0.0176. The van der Waals surface area contributed by atoms with Crippen LogP contribution in [0.1, 0.15) is 6.23 Å².